The number of nitrogens with one attached hydrogen (secondary N) is 2. The Balaban J connectivity index is 0.00000225. The van der Waals surface area contributed by atoms with Crippen LogP contribution in [0.15, 0.2) is 12.4 Å². The Morgan fingerprint density at radius 2 is 2.11 bits per heavy atom. The molecule has 2 atom stereocenters. The van der Waals surface area contributed by atoms with Crippen LogP contribution in [0.25, 0.3) is 0 Å². The van der Waals surface area contributed by atoms with Gasteiger partial charge >= 0.3 is 0 Å². The zero-order valence-corrected chi connectivity index (χ0v) is 16.0. The van der Waals surface area contributed by atoms with Gasteiger partial charge in [0.1, 0.15) is 0 Å². The van der Waals surface area contributed by atoms with E-state index in [4.69, 9.17) is 0 Å². The fourth-order valence-corrected chi connectivity index (χ4v) is 3.75. The first-order chi connectivity index (χ1) is 13.7. The summed E-state index contributed by atoms with van der Waals surface area (Å²) in [5, 5.41) is 40.2. The van der Waals surface area contributed by atoms with Crippen LogP contribution in [-0.2, 0) is 6.42 Å². The first-order valence-electron chi connectivity index (χ1n) is 9.98. The third-order valence-corrected chi connectivity index (χ3v) is 5.42. The predicted octanol–water partition coefficient (Wildman–Crippen LogP) is 1.12. The van der Waals surface area contributed by atoms with E-state index in [0.717, 1.165) is 12.1 Å². The van der Waals surface area contributed by atoms with Crippen LogP contribution in [0.1, 0.15) is 70.0 Å². The van der Waals surface area contributed by atoms with Crippen molar-refractivity contribution in [3.05, 3.63) is 23.8 Å². The van der Waals surface area contributed by atoms with E-state index in [1.807, 2.05) is 6.20 Å². The molecule has 0 bridgehead atoms. The molecule has 1 fully saturated rings. The molecule has 1 aliphatic carbocycles. The van der Waals surface area contributed by atoms with Crippen molar-refractivity contribution in [1.82, 2.24) is 35.7 Å². The summed E-state index contributed by atoms with van der Waals surface area (Å²) >= 11 is 0. The number of nitrogens with zero attached hydrogens (tertiary/aromatic N) is 5. The number of amides is 1. The minimum atomic E-state index is -0.441. The van der Waals surface area contributed by atoms with Crippen molar-refractivity contribution in [2.75, 3.05) is 13.2 Å². The van der Waals surface area contributed by atoms with Crippen molar-refractivity contribution in [1.29, 1.82) is 0 Å². The Morgan fingerprint density at radius 1 is 1.29 bits per heavy atom. The van der Waals surface area contributed by atoms with Gasteiger partial charge in [-0.2, -0.15) is 15.4 Å². The summed E-state index contributed by atoms with van der Waals surface area (Å²) in [4.78, 5) is 12.0. The second-order valence-corrected chi connectivity index (χ2v) is 7.52. The largest absolute Gasteiger partial charge is 0.394 e. The number of rotatable bonds is 10. The van der Waals surface area contributed by atoms with Crippen molar-refractivity contribution in [2.24, 2.45) is 5.92 Å². The lowest BCUT2D eigenvalue weighted by Crippen LogP contribution is -2.38. The van der Waals surface area contributed by atoms with Gasteiger partial charge < -0.3 is 15.5 Å². The lowest BCUT2D eigenvalue weighted by molar-refractivity contribution is 0.0902. The number of aliphatic hydroxyl groups is 2. The van der Waals surface area contributed by atoms with Crippen LogP contribution >= 0.6 is 0 Å². The van der Waals surface area contributed by atoms with Gasteiger partial charge in [-0.1, -0.05) is 37.3 Å². The van der Waals surface area contributed by atoms with Crippen LogP contribution in [0.3, 0.4) is 0 Å². The minimum absolute atomic E-state index is 0. The maximum absolute atomic E-state index is 12.0. The molecule has 3 rings (SSSR count). The van der Waals surface area contributed by atoms with Crippen molar-refractivity contribution in [2.45, 2.75) is 63.5 Å². The van der Waals surface area contributed by atoms with Crippen LogP contribution < -0.4 is 5.32 Å². The minimum Gasteiger partial charge on any atom is -0.394 e. The molecule has 158 valence electrons. The summed E-state index contributed by atoms with van der Waals surface area (Å²) < 4.78 is 1.70. The lowest BCUT2D eigenvalue weighted by Gasteiger charge is -2.20. The Bertz CT molecular complexity index is 723. The number of carbonyl (C=O) groups is 1. The van der Waals surface area contributed by atoms with Crippen molar-refractivity contribution in [3.8, 4) is 0 Å². The maximum atomic E-state index is 12.0. The molecule has 0 aliphatic heterocycles. The Kier molecular flexibility index (Phi) is 7.49. The number of aliphatic hydroxyl groups excluding tert-OH is 2. The first-order valence-corrected chi connectivity index (χ1v) is 9.98. The number of aromatic nitrogens is 6. The number of carbonyl (C=O) groups excluding carboxylic acids is 1. The third kappa shape index (κ3) is 5.59. The van der Waals surface area contributed by atoms with E-state index in [1.165, 1.54) is 38.3 Å². The molecule has 1 aliphatic rings. The van der Waals surface area contributed by atoms with E-state index in [1.54, 1.807) is 4.68 Å². The van der Waals surface area contributed by atoms with Gasteiger partial charge in [0, 0.05) is 9.05 Å². The van der Waals surface area contributed by atoms with Gasteiger partial charge in [0.15, 0.2) is 5.69 Å². The molecule has 0 spiro atoms. The molecule has 10 heteroatoms. The monoisotopic (exact) mass is 395 g/mol. The van der Waals surface area contributed by atoms with E-state index in [-0.39, 0.29) is 27.8 Å². The van der Waals surface area contributed by atoms with Gasteiger partial charge in [-0.05, 0) is 25.2 Å². The van der Waals surface area contributed by atoms with Gasteiger partial charge in [-0.15, -0.1) is 5.10 Å². The van der Waals surface area contributed by atoms with Crippen LogP contribution in [0, 0.1) is 5.92 Å². The van der Waals surface area contributed by atoms with Crippen molar-refractivity contribution in [3.63, 3.8) is 0 Å². The van der Waals surface area contributed by atoms with E-state index in [9.17, 15) is 15.0 Å². The predicted molar refractivity (Wildman–Crippen MR) is 105 cm³/mol. The first kappa shape index (κ1) is 20.4. The number of hydrogen-bond donors (Lipinski definition) is 4. The molecule has 2 heterocycles. The number of aromatic amines is 1. The van der Waals surface area contributed by atoms with E-state index < -0.39 is 11.9 Å². The topological polar surface area (TPSA) is 142 Å². The highest BCUT2D eigenvalue weighted by Crippen LogP contribution is 2.26. The average molecular weight is 396 g/mol. The van der Waals surface area contributed by atoms with Crippen LogP contribution in [-0.4, -0.2) is 65.8 Å². The number of H-pyrrole nitrogens is 1. The summed E-state index contributed by atoms with van der Waals surface area (Å²) in [7, 11) is 0. The Hall–Kier alpha value is -2.33. The molecule has 1 saturated carbocycles. The van der Waals surface area contributed by atoms with Gasteiger partial charge in [-0.3, -0.25) is 4.79 Å². The quantitative estimate of drug-likeness (QED) is 0.472. The standard InChI is InChI=1S/C18H29N7O3.2H2/c26-11-14(20-18(28)17-9-19-23-22-17)6-7-16(12-27)25-10-15(21-24-25)8-13-4-2-1-3-5-13;;/h9-10,13-14,16,26-27H,1-8,11-12H2,(H,20,28)(H,19,22,23);2*1H/t14-,16-;;/m1../s1. The molecule has 28 heavy (non-hydrogen) atoms. The average Bonchev–Trinajstić information content (AvgIpc) is 3.41. The van der Waals surface area contributed by atoms with E-state index in [0.29, 0.717) is 18.8 Å². The Labute approximate surface area is 166 Å². The van der Waals surface area contributed by atoms with Gasteiger partial charge in [0.2, 0.25) is 0 Å². The van der Waals surface area contributed by atoms with Crippen molar-refractivity contribution < 1.29 is 17.9 Å². The lowest BCUT2D eigenvalue weighted by atomic mass is 9.86. The summed E-state index contributed by atoms with van der Waals surface area (Å²) in [6, 6.07) is -0.686. The highest BCUT2D eigenvalue weighted by atomic mass is 16.3. The third-order valence-electron chi connectivity index (χ3n) is 5.42. The molecular weight excluding hydrogens is 362 g/mol. The molecule has 10 nitrogen and oxygen atoms in total. The molecule has 2 aromatic heterocycles. The summed E-state index contributed by atoms with van der Waals surface area (Å²) in [6.07, 6.45) is 11.6. The van der Waals surface area contributed by atoms with Crippen LogP contribution in [0.2, 0.25) is 0 Å². The molecule has 0 radical (unpaired) electrons. The fourth-order valence-electron chi connectivity index (χ4n) is 3.75. The smallest absolute Gasteiger partial charge is 0.273 e. The summed E-state index contributed by atoms with van der Waals surface area (Å²) in [5.41, 5.74) is 1.13. The van der Waals surface area contributed by atoms with Crippen molar-refractivity contribution >= 4 is 5.91 Å². The van der Waals surface area contributed by atoms with Crippen LogP contribution in [0.5, 0.6) is 0 Å². The zero-order valence-electron chi connectivity index (χ0n) is 16.0. The fraction of sp³-hybridized carbons (Fsp3) is 0.722. The van der Waals surface area contributed by atoms with Crippen LogP contribution in [0.4, 0.5) is 0 Å². The molecule has 0 unspecified atom stereocenters. The van der Waals surface area contributed by atoms with E-state index in [2.05, 4.69) is 31.0 Å². The zero-order chi connectivity index (χ0) is 19.8. The molecule has 2 aromatic rings. The van der Waals surface area contributed by atoms with Gasteiger partial charge in [-0.25, -0.2) is 4.68 Å². The number of hydrogen-bond acceptors (Lipinski definition) is 7. The molecule has 1 amide bonds. The highest BCUT2D eigenvalue weighted by Gasteiger charge is 2.20. The summed E-state index contributed by atoms with van der Waals surface area (Å²) in [6.45, 7) is -0.284. The summed E-state index contributed by atoms with van der Waals surface area (Å²) in [5.74, 6) is 0.279. The highest BCUT2D eigenvalue weighted by molar-refractivity contribution is 5.91. The van der Waals surface area contributed by atoms with E-state index >= 15 is 0 Å². The Morgan fingerprint density at radius 3 is 2.79 bits per heavy atom. The molecule has 4 N–H and O–H groups in total. The molecule has 0 aromatic carbocycles. The normalized spacial score (nSPS) is 17.4. The molecule has 0 saturated heterocycles. The van der Waals surface area contributed by atoms with Gasteiger partial charge in [0.25, 0.3) is 5.91 Å². The second kappa shape index (κ2) is 10.3. The second-order valence-electron chi connectivity index (χ2n) is 7.52. The molecular formula is C18H33N7O3. The SMILES string of the molecule is O=C(N[C@@H](CO)CC[C@H](CO)n1cc(CC2CCCCC2)nn1)c1cn[nH]n1.[HH].[HH]. The maximum Gasteiger partial charge on any atom is 0.273 e. The van der Waals surface area contributed by atoms with Gasteiger partial charge in [0.05, 0.1) is 37.2 Å².